The Hall–Kier alpha value is -1.26. The minimum absolute atomic E-state index is 0.107. The lowest BCUT2D eigenvalue weighted by Gasteiger charge is -2.20. The number of amides is 1. The molecule has 5 heteroatoms. The number of aliphatic hydroxyl groups excluding tert-OH is 1. The number of anilines is 1. The molecular formula is C12H17ClN2O2. The zero-order chi connectivity index (χ0) is 13.0. The fourth-order valence-electron chi connectivity index (χ4n) is 1.40. The number of rotatable bonds is 4. The van der Waals surface area contributed by atoms with Gasteiger partial charge in [0, 0.05) is 0 Å². The van der Waals surface area contributed by atoms with E-state index in [1.54, 1.807) is 18.2 Å². The van der Waals surface area contributed by atoms with Gasteiger partial charge in [0.05, 0.1) is 28.9 Å². The van der Waals surface area contributed by atoms with E-state index in [0.29, 0.717) is 10.6 Å². The van der Waals surface area contributed by atoms with Gasteiger partial charge in [0.15, 0.2) is 0 Å². The van der Waals surface area contributed by atoms with Gasteiger partial charge in [0.25, 0.3) is 5.91 Å². The van der Waals surface area contributed by atoms with Gasteiger partial charge in [-0.05, 0) is 18.1 Å². The summed E-state index contributed by atoms with van der Waals surface area (Å²) in [5, 5.41) is 12.2. The normalized spacial score (nSPS) is 12.5. The SMILES string of the molecule is CC(C)C(CO)NC(=O)c1cccc(Cl)c1N. The summed E-state index contributed by atoms with van der Waals surface area (Å²) >= 11 is 5.84. The van der Waals surface area contributed by atoms with Crippen LogP contribution in [0.3, 0.4) is 0 Å². The highest BCUT2D eigenvalue weighted by Gasteiger charge is 2.18. The maximum absolute atomic E-state index is 11.9. The van der Waals surface area contributed by atoms with Crippen LogP contribution < -0.4 is 11.1 Å². The topological polar surface area (TPSA) is 75.3 Å². The maximum Gasteiger partial charge on any atom is 0.253 e. The molecule has 0 heterocycles. The first kappa shape index (κ1) is 13.8. The Morgan fingerprint density at radius 1 is 1.53 bits per heavy atom. The first-order chi connectivity index (χ1) is 7.97. The van der Waals surface area contributed by atoms with Crippen LogP contribution in [-0.2, 0) is 0 Å². The molecule has 1 amide bonds. The highest BCUT2D eigenvalue weighted by atomic mass is 35.5. The van der Waals surface area contributed by atoms with E-state index < -0.39 is 0 Å². The van der Waals surface area contributed by atoms with Crippen molar-refractivity contribution in [1.29, 1.82) is 0 Å². The Morgan fingerprint density at radius 2 is 2.18 bits per heavy atom. The second-order valence-electron chi connectivity index (χ2n) is 4.21. The molecule has 94 valence electrons. The molecule has 0 bridgehead atoms. The van der Waals surface area contributed by atoms with Crippen molar-refractivity contribution < 1.29 is 9.90 Å². The number of nitrogens with two attached hydrogens (primary N) is 1. The summed E-state index contributed by atoms with van der Waals surface area (Å²) in [6.07, 6.45) is 0. The average Bonchev–Trinajstić information content (AvgIpc) is 2.28. The first-order valence-corrected chi connectivity index (χ1v) is 5.80. The molecular weight excluding hydrogens is 240 g/mol. The lowest BCUT2D eigenvalue weighted by Crippen LogP contribution is -2.41. The molecule has 4 nitrogen and oxygen atoms in total. The molecule has 0 radical (unpaired) electrons. The number of benzene rings is 1. The van der Waals surface area contributed by atoms with Crippen LogP contribution >= 0.6 is 11.6 Å². The third kappa shape index (κ3) is 3.35. The highest BCUT2D eigenvalue weighted by molar-refractivity contribution is 6.33. The number of para-hydroxylation sites is 1. The summed E-state index contributed by atoms with van der Waals surface area (Å²) in [6, 6.07) is 4.60. The molecule has 0 aliphatic carbocycles. The van der Waals surface area contributed by atoms with Crippen LogP contribution in [0.4, 0.5) is 5.69 Å². The van der Waals surface area contributed by atoms with E-state index in [1.807, 2.05) is 13.8 Å². The number of hydrogen-bond donors (Lipinski definition) is 3. The molecule has 0 saturated heterocycles. The van der Waals surface area contributed by atoms with Crippen LogP contribution in [0, 0.1) is 5.92 Å². The second-order valence-corrected chi connectivity index (χ2v) is 4.61. The molecule has 0 spiro atoms. The zero-order valence-corrected chi connectivity index (χ0v) is 10.7. The first-order valence-electron chi connectivity index (χ1n) is 5.43. The second kappa shape index (κ2) is 5.89. The van der Waals surface area contributed by atoms with E-state index in [2.05, 4.69) is 5.32 Å². The van der Waals surface area contributed by atoms with Gasteiger partial charge in [-0.25, -0.2) is 0 Å². The predicted octanol–water partition coefficient (Wildman–Crippen LogP) is 1.67. The maximum atomic E-state index is 11.9. The molecule has 1 aromatic rings. The van der Waals surface area contributed by atoms with Crippen LogP contribution in [0.5, 0.6) is 0 Å². The molecule has 1 unspecified atom stereocenters. The Kier molecular flexibility index (Phi) is 4.78. The Bertz CT molecular complexity index is 407. The fraction of sp³-hybridized carbons (Fsp3) is 0.417. The Morgan fingerprint density at radius 3 is 2.71 bits per heavy atom. The van der Waals surface area contributed by atoms with Gasteiger partial charge < -0.3 is 16.2 Å². The smallest absolute Gasteiger partial charge is 0.253 e. The van der Waals surface area contributed by atoms with Crippen LogP contribution in [0.2, 0.25) is 5.02 Å². The number of carbonyl (C=O) groups is 1. The van der Waals surface area contributed by atoms with Gasteiger partial charge in [-0.2, -0.15) is 0 Å². The van der Waals surface area contributed by atoms with E-state index in [4.69, 9.17) is 22.4 Å². The van der Waals surface area contributed by atoms with Gasteiger partial charge in [-0.3, -0.25) is 4.79 Å². The number of nitrogens with one attached hydrogen (secondary N) is 1. The van der Waals surface area contributed by atoms with Crippen molar-refractivity contribution in [3.63, 3.8) is 0 Å². The standard InChI is InChI=1S/C12H17ClN2O2/c1-7(2)10(6-16)15-12(17)8-4-3-5-9(13)11(8)14/h3-5,7,10,16H,6,14H2,1-2H3,(H,15,17). The lowest BCUT2D eigenvalue weighted by atomic mass is 10.0. The van der Waals surface area contributed by atoms with Gasteiger partial charge in [-0.1, -0.05) is 31.5 Å². The van der Waals surface area contributed by atoms with E-state index in [9.17, 15) is 4.79 Å². The average molecular weight is 257 g/mol. The van der Waals surface area contributed by atoms with Crippen LogP contribution in [0.15, 0.2) is 18.2 Å². The highest BCUT2D eigenvalue weighted by Crippen LogP contribution is 2.22. The summed E-state index contributed by atoms with van der Waals surface area (Å²) < 4.78 is 0. The monoisotopic (exact) mass is 256 g/mol. The summed E-state index contributed by atoms with van der Waals surface area (Å²) in [5.74, 6) is -0.179. The molecule has 4 N–H and O–H groups in total. The minimum atomic E-state index is -0.322. The van der Waals surface area contributed by atoms with Crippen molar-refractivity contribution in [1.82, 2.24) is 5.32 Å². The molecule has 0 fully saturated rings. The quantitative estimate of drug-likeness (QED) is 0.718. The van der Waals surface area contributed by atoms with Crippen molar-refractivity contribution in [2.45, 2.75) is 19.9 Å². The van der Waals surface area contributed by atoms with E-state index >= 15 is 0 Å². The molecule has 0 aliphatic heterocycles. The largest absolute Gasteiger partial charge is 0.397 e. The number of aliphatic hydroxyl groups is 1. The Balaban J connectivity index is 2.86. The van der Waals surface area contributed by atoms with Crippen LogP contribution in [0.25, 0.3) is 0 Å². The zero-order valence-electron chi connectivity index (χ0n) is 9.90. The summed E-state index contributed by atoms with van der Waals surface area (Å²) in [5.41, 5.74) is 6.31. The molecule has 1 atom stereocenters. The summed E-state index contributed by atoms with van der Waals surface area (Å²) in [7, 11) is 0. The molecule has 1 rings (SSSR count). The molecule has 0 aliphatic rings. The van der Waals surface area contributed by atoms with Gasteiger partial charge >= 0.3 is 0 Å². The summed E-state index contributed by atoms with van der Waals surface area (Å²) in [4.78, 5) is 11.9. The molecule has 0 aromatic heterocycles. The number of halogens is 1. The van der Waals surface area contributed by atoms with Gasteiger partial charge in [-0.15, -0.1) is 0 Å². The number of carbonyl (C=O) groups excluding carboxylic acids is 1. The van der Waals surface area contributed by atoms with Crippen LogP contribution in [-0.4, -0.2) is 23.7 Å². The van der Waals surface area contributed by atoms with Gasteiger partial charge in [0.1, 0.15) is 0 Å². The molecule has 1 aromatic carbocycles. The van der Waals surface area contributed by atoms with Crippen molar-refractivity contribution in [3.8, 4) is 0 Å². The van der Waals surface area contributed by atoms with Crippen molar-refractivity contribution in [3.05, 3.63) is 28.8 Å². The molecule has 17 heavy (non-hydrogen) atoms. The lowest BCUT2D eigenvalue weighted by molar-refractivity contribution is 0.0898. The van der Waals surface area contributed by atoms with Crippen molar-refractivity contribution in [2.75, 3.05) is 12.3 Å². The van der Waals surface area contributed by atoms with Gasteiger partial charge in [0.2, 0.25) is 0 Å². The molecule has 0 saturated carbocycles. The minimum Gasteiger partial charge on any atom is -0.397 e. The van der Waals surface area contributed by atoms with E-state index in [-0.39, 0.29) is 30.2 Å². The number of hydrogen-bond acceptors (Lipinski definition) is 3. The van der Waals surface area contributed by atoms with Crippen molar-refractivity contribution in [2.24, 2.45) is 5.92 Å². The van der Waals surface area contributed by atoms with Crippen molar-refractivity contribution >= 4 is 23.2 Å². The Labute approximate surface area is 106 Å². The van der Waals surface area contributed by atoms with E-state index in [1.165, 1.54) is 0 Å². The third-order valence-corrected chi connectivity index (χ3v) is 2.95. The fourth-order valence-corrected chi connectivity index (χ4v) is 1.58. The van der Waals surface area contributed by atoms with Crippen LogP contribution in [0.1, 0.15) is 24.2 Å². The predicted molar refractivity (Wildman–Crippen MR) is 69.0 cm³/mol. The third-order valence-electron chi connectivity index (χ3n) is 2.62. The number of nitrogen functional groups attached to an aromatic ring is 1. The summed E-state index contributed by atoms with van der Waals surface area (Å²) in [6.45, 7) is 3.73. The van der Waals surface area contributed by atoms with E-state index in [0.717, 1.165) is 0 Å².